The van der Waals surface area contributed by atoms with Gasteiger partial charge in [-0.05, 0) is 98.3 Å². The van der Waals surface area contributed by atoms with Crippen LogP contribution in [-0.4, -0.2) is 6.04 Å². The van der Waals surface area contributed by atoms with Crippen molar-refractivity contribution in [1.82, 2.24) is 0 Å². The molecule has 1 heterocycles. The molecule has 7 atom stereocenters. The van der Waals surface area contributed by atoms with Gasteiger partial charge in [0.2, 0.25) is 0 Å². The lowest BCUT2D eigenvalue weighted by molar-refractivity contribution is -0.0756. The molecule has 2 aromatic carbocycles. The van der Waals surface area contributed by atoms with Crippen molar-refractivity contribution in [3.8, 4) is 0 Å². The van der Waals surface area contributed by atoms with Gasteiger partial charge in [0.1, 0.15) is 0 Å². The largest absolute Gasteiger partial charge is 0.337 e. The van der Waals surface area contributed by atoms with E-state index in [1.807, 2.05) is 0 Å². The highest BCUT2D eigenvalue weighted by Gasteiger charge is 2.80. The van der Waals surface area contributed by atoms with Crippen LogP contribution in [0.25, 0.3) is 0 Å². The van der Waals surface area contributed by atoms with Gasteiger partial charge in [0.05, 0.1) is 0 Å². The quantitative estimate of drug-likeness (QED) is 0.586. The third-order valence-electron chi connectivity index (χ3n) is 9.70. The lowest BCUT2D eigenvalue weighted by Gasteiger charge is -2.62. The second-order valence-corrected chi connectivity index (χ2v) is 10.4. The van der Waals surface area contributed by atoms with Gasteiger partial charge in [-0.3, -0.25) is 0 Å². The van der Waals surface area contributed by atoms with Gasteiger partial charge in [0.15, 0.2) is 0 Å². The number of aryl methyl sites for hydroxylation is 1. The highest BCUT2D eigenvalue weighted by atomic mass is 15.2. The maximum Gasteiger partial charge on any atom is 0.0453 e. The van der Waals surface area contributed by atoms with E-state index in [4.69, 9.17) is 0 Å². The van der Waals surface area contributed by atoms with Gasteiger partial charge in [-0.25, -0.2) is 0 Å². The van der Waals surface area contributed by atoms with Crippen molar-refractivity contribution in [2.75, 3.05) is 4.90 Å². The summed E-state index contributed by atoms with van der Waals surface area (Å²) in [7, 11) is 0. The van der Waals surface area contributed by atoms with Gasteiger partial charge in [0, 0.05) is 22.8 Å². The van der Waals surface area contributed by atoms with Crippen molar-refractivity contribution in [3.63, 3.8) is 0 Å². The molecule has 4 bridgehead atoms. The van der Waals surface area contributed by atoms with Crippen LogP contribution in [0.1, 0.15) is 50.2 Å². The molecule has 6 aliphatic rings. The number of hydrogen-bond acceptors (Lipinski definition) is 1. The maximum absolute atomic E-state index is 2.73. The van der Waals surface area contributed by atoms with Crippen molar-refractivity contribution in [2.24, 2.45) is 29.1 Å². The van der Waals surface area contributed by atoms with Crippen molar-refractivity contribution < 1.29 is 0 Å². The van der Waals surface area contributed by atoms with Crippen LogP contribution in [0.2, 0.25) is 0 Å². The lowest BCUT2D eigenvalue weighted by Crippen LogP contribution is -2.62. The Morgan fingerprint density at radius 1 is 0.889 bits per heavy atom. The first-order valence-electron chi connectivity index (χ1n) is 11.1. The van der Waals surface area contributed by atoms with Gasteiger partial charge < -0.3 is 4.90 Å². The molecule has 8 rings (SSSR count). The van der Waals surface area contributed by atoms with Crippen LogP contribution < -0.4 is 4.90 Å². The number of hydrogen-bond donors (Lipinski definition) is 0. The molecule has 1 nitrogen and oxygen atoms in total. The van der Waals surface area contributed by atoms with E-state index in [0.717, 1.165) is 23.7 Å². The van der Waals surface area contributed by atoms with Gasteiger partial charge in [-0.1, -0.05) is 36.4 Å². The summed E-state index contributed by atoms with van der Waals surface area (Å²) in [5.74, 6) is 4.02. The molecule has 5 fully saturated rings. The maximum atomic E-state index is 2.73. The Hall–Kier alpha value is -1.76. The van der Waals surface area contributed by atoms with Crippen molar-refractivity contribution in [3.05, 3.63) is 59.7 Å². The van der Waals surface area contributed by atoms with E-state index in [9.17, 15) is 0 Å². The molecular formula is C26H29N. The molecule has 1 aliphatic heterocycles. The third-order valence-corrected chi connectivity index (χ3v) is 9.70. The Morgan fingerprint density at radius 2 is 1.67 bits per heavy atom. The molecule has 0 amide bonds. The summed E-state index contributed by atoms with van der Waals surface area (Å²) < 4.78 is 0. The third kappa shape index (κ3) is 1.51. The molecule has 0 aromatic heterocycles. The summed E-state index contributed by atoms with van der Waals surface area (Å²) in [6.45, 7) is 4.85. The number of fused-ring (bicyclic) bond motifs is 1. The number of para-hydroxylation sites is 2. The first-order chi connectivity index (χ1) is 13.2. The molecule has 1 heteroatoms. The van der Waals surface area contributed by atoms with Gasteiger partial charge in [-0.15, -0.1) is 0 Å². The van der Waals surface area contributed by atoms with Gasteiger partial charge >= 0.3 is 0 Å². The van der Waals surface area contributed by atoms with Crippen LogP contribution in [0.15, 0.2) is 48.5 Å². The second-order valence-electron chi connectivity index (χ2n) is 10.4. The summed E-state index contributed by atoms with van der Waals surface area (Å²) in [5.41, 5.74) is 7.05. The van der Waals surface area contributed by atoms with E-state index in [-0.39, 0.29) is 0 Å². The fourth-order valence-corrected chi connectivity index (χ4v) is 9.19. The predicted molar refractivity (Wildman–Crippen MR) is 110 cm³/mol. The monoisotopic (exact) mass is 355 g/mol. The number of nitrogens with zero attached hydrogens (tertiary/aromatic N) is 1. The van der Waals surface area contributed by atoms with E-state index in [0.29, 0.717) is 16.9 Å². The minimum absolute atomic E-state index is 0.393. The molecule has 6 unspecified atom stereocenters. The SMILES string of the molecule is Cc1ccccc1N1c2ccccc2C2(C3CC4CC(C3)C3CC32C4)[C@@H]1C. The predicted octanol–water partition coefficient (Wildman–Crippen LogP) is 6.23. The Balaban J connectivity index is 1.49. The summed E-state index contributed by atoms with van der Waals surface area (Å²) in [4.78, 5) is 2.73. The van der Waals surface area contributed by atoms with Crippen LogP contribution in [-0.2, 0) is 5.41 Å². The average Bonchev–Trinajstić information content (AvgIpc) is 3.34. The molecule has 5 saturated carbocycles. The summed E-state index contributed by atoms with van der Waals surface area (Å²) in [6, 6.07) is 19.1. The van der Waals surface area contributed by atoms with E-state index in [1.165, 1.54) is 42.6 Å². The number of rotatable bonds is 1. The Kier molecular flexibility index (Phi) is 2.60. The molecule has 138 valence electrons. The molecule has 0 saturated heterocycles. The van der Waals surface area contributed by atoms with Crippen molar-refractivity contribution in [1.29, 1.82) is 0 Å². The van der Waals surface area contributed by atoms with Crippen molar-refractivity contribution >= 4 is 11.4 Å². The fourth-order valence-electron chi connectivity index (χ4n) is 9.19. The van der Waals surface area contributed by atoms with E-state index in [1.54, 1.807) is 12.0 Å². The van der Waals surface area contributed by atoms with Crippen LogP contribution >= 0.6 is 0 Å². The molecule has 27 heavy (non-hydrogen) atoms. The van der Waals surface area contributed by atoms with E-state index in [2.05, 4.69) is 67.3 Å². The summed E-state index contributed by atoms with van der Waals surface area (Å²) >= 11 is 0. The zero-order valence-electron chi connectivity index (χ0n) is 16.5. The molecular weight excluding hydrogens is 326 g/mol. The Labute approximate surface area is 162 Å². The summed E-state index contributed by atoms with van der Waals surface area (Å²) in [5, 5.41) is 0. The van der Waals surface area contributed by atoms with E-state index < -0.39 is 0 Å². The molecule has 0 radical (unpaired) electrons. The molecule has 2 aromatic rings. The second kappa shape index (κ2) is 4.62. The smallest absolute Gasteiger partial charge is 0.0453 e. The normalized spacial score (nSPS) is 45.3. The number of anilines is 2. The average molecular weight is 356 g/mol. The van der Waals surface area contributed by atoms with Crippen LogP contribution in [0, 0.1) is 36.0 Å². The molecule has 2 spiro atoms. The Morgan fingerprint density at radius 3 is 2.52 bits per heavy atom. The van der Waals surface area contributed by atoms with Crippen LogP contribution in [0.5, 0.6) is 0 Å². The highest BCUT2D eigenvalue weighted by molar-refractivity contribution is 5.77. The molecule has 0 N–H and O–H groups in total. The zero-order valence-corrected chi connectivity index (χ0v) is 16.5. The van der Waals surface area contributed by atoms with Gasteiger partial charge in [-0.2, -0.15) is 0 Å². The topological polar surface area (TPSA) is 3.24 Å². The molecule has 5 aliphatic carbocycles. The van der Waals surface area contributed by atoms with E-state index >= 15 is 0 Å². The standard InChI is InChI=1S/C26H29N/c1-16-7-3-5-9-23(16)27-17(2)26(21-8-4-6-10-24(21)27)20-12-18-11-19(13-20)22-15-25(22,26)14-18/h3-10,17-20,22H,11-15H2,1-2H3/t17-,18?,19?,20?,22?,25?,26?/m0/s1. The Bertz CT molecular complexity index is 962. The lowest BCUT2D eigenvalue weighted by atomic mass is 9.42. The first-order valence-corrected chi connectivity index (χ1v) is 11.1. The van der Waals surface area contributed by atoms with Crippen LogP contribution in [0.4, 0.5) is 11.4 Å². The fraction of sp³-hybridized carbons (Fsp3) is 0.538. The minimum atomic E-state index is 0.393. The highest BCUT2D eigenvalue weighted by Crippen LogP contribution is 2.84. The minimum Gasteiger partial charge on any atom is -0.337 e. The number of benzene rings is 2. The summed E-state index contributed by atoms with van der Waals surface area (Å²) in [6.07, 6.45) is 7.58. The first kappa shape index (κ1) is 15.2. The zero-order chi connectivity index (χ0) is 18.0. The van der Waals surface area contributed by atoms with Gasteiger partial charge in [0.25, 0.3) is 0 Å². The van der Waals surface area contributed by atoms with Crippen LogP contribution in [0.3, 0.4) is 0 Å². The van der Waals surface area contributed by atoms with Crippen molar-refractivity contribution in [2.45, 2.75) is 57.4 Å².